The normalized spacial score (nSPS) is 10.5. The van der Waals surface area contributed by atoms with E-state index in [1.54, 1.807) is 18.9 Å². The Morgan fingerprint density at radius 2 is 1.96 bits per heavy atom. The van der Waals surface area contributed by atoms with Crippen molar-refractivity contribution in [3.63, 3.8) is 0 Å². The van der Waals surface area contributed by atoms with E-state index in [4.69, 9.17) is 21.7 Å². The average Bonchev–Trinajstić information content (AvgIpc) is 3.00. The molecule has 3 rings (SSSR count). The molecule has 2 aromatic carbocycles. The maximum Gasteiger partial charge on any atom is 0.214 e. The van der Waals surface area contributed by atoms with Gasteiger partial charge in [-0.05, 0) is 24.4 Å². The molecule has 0 radical (unpaired) electrons. The molecule has 1 heterocycles. The largest absolute Gasteiger partial charge is 0.493 e. The number of H-pyrrole nitrogens is 1. The third-order valence-corrected chi connectivity index (χ3v) is 4.38. The van der Waals surface area contributed by atoms with Gasteiger partial charge in [-0.3, -0.25) is 0 Å². The lowest BCUT2D eigenvalue weighted by Gasteiger charge is -2.15. The molecule has 25 heavy (non-hydrogen) atoms. The Kier molecular flexibility index (Phi) is 5.40. The summed E-state index contributed by atoms with van der Waals surface area (Å²) < 4.78 is 14.0. The molecule has 3 aromatic rings. The van der Waals surface area contributed by atoms with Gasteiger partial charge >= 0.3 is 0 Å². The number of hydrogen-bond donors (Lipinski definition) is 2. The van der Waals surface area contributed by atoms with Gasteiger partial charge in [-0.25, -0.2) is 9.77 Å². The van der Waals surface area contributed by atoms with E-state index in [0.717, 1.165) is 15.6 Å². The molecule has 1 aromatic heterocycles. The number of hydrogen-bond acceptors (Lipinski definition) is 5. The van der Waals surface area contributed by atoms with Crippen molar-refractivity contribution in [1.82, 2.24) is 14.9 Å². The zero-order valence-corrected chi connectivity index (χ0v) is 16.1. The van der Waals surface area contributed by atoms with Gasteiger partial charge < -0.3 is 14.9 Å². The molecule has 0 bridgehead atoms. The Hall–Kier alpha value is -2.32. The van der Waals surface area contributed by atoms with Crippen molar-refractivity contribution in [2.24, 2.45) is 0 Å². The molecule has 8 heteroatoms. The lowest BCUT2D eigenvalue weighted by molar-refractivity contribution is 0.351. The van der Waals surface area contributed by atoms with Crippen molar-refractivity contribution in [3.8, 4) is 22.9 Å². The summed E-state index contributed by atoms with van der Waals surface area (Å²) in [6.45, 7) is 0.479. The van der Waals surface area contributed by atoms with Crippen LogP contribution < -0.4 is 14.9 Å². The van der Waals surface area contributed by atoms with Crippen LogP contribution in [0.25, 0.3) is 11.4 Å². The molecule has 0 fully saturated rings. The van der Waals surface area contributed by atoms with E-state index in [1.807, 2.05) is 42.5 Å². The minimum absolute atomic E-state index is 0.479. The molecule has 6 nitrogen and oxygen atoms in total. The number of methoxy groups -OCH3 is 2. The third kappa shape index (κ3) is 3.69. The van der Waals surface area contributed by atoms with Crippen LogP contribution in [0.4, 0.5) is 0 Å². The van der Waals surface area contributed by atoms with Crippen molar-refractivity contribution in [3.05, 3.63) is 57.3 Å². The Morgan fingerprint density at radius 1 is 1.20 bits per heavy atom. The second kappa shape index (κ2) is 7.71. The van der Waals surface area contributed by atoms with Crippen LogP contribution in [0.3, 0.4) is 0 Å². The summed E-state index contributed by atoms with van der Waals surface area (Å²) >= 11 is 8.83. The van der Waals surface area contributed by atoms with Crippen LogP contribution in [-0.4, -0.2) is 29.1 Å². The van der Waals surface area contributed by atoms with E-state index in [0.29, 0.717) is 28.6 Å². The van der Waals surface area contributed by atoms with E-state index in [2.05, 4.69) is 31.6 Å². The Morgan fingerprint density at radius 3 is 2.64 bits per heavy atom. The first-order valence-electron chi connectivity index (χ1n) is 7.51. The zero-order chi connectivity index (χ0) is 17.8. The lowest BCUT2D eigenvalue weighted by atomic mass is 10.2. The fraction of sp³-hybridized carbons (Fsp3) is 0.176. The van der Waals surface area contributed by atoms with Crippen molar-refractivity contribution < 1.29 is 9.47 Å². The van der Waals surface area contributed by atoms with E-state index < -0.39 is 0 Å². The van der Waals surface area contributed by atoms with Crippen LogP contribution in [0.1, 0.15) is 5.56 Å². The number of halogens is 1. The quantitative estimate of drug-likeness (QED) is 0.586. The SMILES string of the molecule is COc1cc(Br)cc(CNn2c(-c3ccccc3)n[nH]c2=S)c1OC. The van der Waals surface area contributed by atoms with Crippen LogP contribution in [-0.2, 0) is 6.54 Å². The molecular formula is C17H17BrN4O2S. The molecule has 0 aliphatic heterocycles. The maximum atomic E-state index is 5.49. The standard InChI is InChI=1S/C17H17BrN4O2S/c1-23-14-9-13(18)8-12(15(14)24-2)10-19-22-16(20-21-17(22)25)11-6-4-3-5-7-11/h3-9,19H,10H2,1-2H3,(H,21,25). The Labute approximate surface area is 158 Å². The number of nitrogens with zero attached hydrogens (tertiary/aromatic N) is 2. The Balaban J connectivity index is 1.92. The van der Waals surface area contributed by atoms with Crippen LogP contribution in [0.15, 0.2) is 46.9 Å². The summed E-state index contributed by atoms with van der Waals surface area (Å²) in [7, 11) is 3.23. The summed E-state index contributed by atoms with van der Waals surface area (Å²) in [5, 5.41) is 7.13. The number of nitrogens with one attached hydrogen (secondary N) is 2. The lowest BCUT2D eigenvalue weighted by Crippen LogP contribution is -2.16. The first kappa shape index (κ1) is 17.5. The van der Waals surface area contributed by atoms with Crippen LogP contribution in [0, 0.1) is 4.77 Å². The van der Waals surface area contributed by atoms with Crippen LogP contribution in [0.5, 0.6) is 11.5 Å². The highest BCUT2D eigenvalue weighted by Crippen LogP contribution is 2.34. The third-order valence-electron chi connectivity index (χ3n) is 3.65. The van der Waals surface area contributed by atoms with Crippen molar-refractivity contribution in [2.45, 2.75) is 6.54 Å². The van der Waals surface area contributed by atoms with Crippen LogP contribution in [0.2, 0.25) is 0 Å². The molecular weight excluding hydrogens is 404 g/mol. The Bertz CT molecular complexity index is 924. The number of ether oxygens (including phenoxy) is 2. The fourth-order valence-electron chi connectivity index (χ4n) is 2.53. The van der Waals surface area contributed by atoms with Crippen LogP contribution >= 0.6 is 28.1 Å². The molecule has 0 unspecified atom stereocenters. The first-order valence-corrected chi connectivity index (χ1v) is 8.71. The van der Waals surface area contributed by atoms with E-state index in [9.17, 15) is 0 Å². The zero-order valence-electron chi connectivity index (χ0n) is 13.7. The van der Waals surface area contributed by atoms with Crippen molar-refractivity contribution in [2.75, 3.05) is 19.6 Å². The van der Waals surface area contributed by atoms with Gasteiger partial charge in [0.1, 0.15) is 0 Å². The van der Waals surface area contributed by atoms with Gasteiger partial charge in [0.25, 0.3) is 0 Å². The molecule has 0 aliphatic rings. The monoisotopic (exact) mass is 420 g/mol. The average molecular weight is 421 g/mol. The smallest absolute Gasteiger partial charge is 0.214 e. The van der Waals surface area contributed by atoms with Gasteiger partial charge in [0.2, 0.25) is 4.77 Å². The number of aromatic nitrogens is 3. The molecule has 0 saturated heterocycles. The predicted molar refractivity (Wildman–Crippen MR) is 103 cm³/mol. The van der Waals surface area contributed by atoms with Crippen molar-refractivity contribution in [1.29, 1.82) is 0 Å². The predicted octanol–water partition coefficient (Wildman–Crippen LogP) is 4.13. The van der Waals surface area contributed by atoms with E-state index >= 15 is 0 Å². The summed E-state index contributed by atoms with van der Waals surface area (Å²) in [6.07, 6.45) is 0. The van der Waals surface area contributed by atoms with Gasteiger partial charge in [-0.1, -0.05) is 46.3 Å². The molecule has 0 saturated carbocycles. The summed E-state index contributed by atoms with van der Waals surface area (Å²) in [5.41, 5.74) is 5.18. The molecule has 0 atom stereocenters. The number of aromatic amines is 1. The van der Waals surface area contributed by atoms with Crippen molar-refractivity contribution >= 4 is 28.1 Å². The molecule has 130 valence electrons. The maximum absolute atomic E-state index is 5.49. The van der Waals surface area contributed by atoms with E-state index in [1.165, 1.54) is 0 Å². The fourth-order valence-corrected chi connectivity index (χ4v) is 3.21. The highest BCUT2D eigenvalue weighted by atomic mass is 79.9. The number of benzene rings is 2. The second-order valence-corrected chi connectivity index (χ2v) is 6.49. The van der Waals surface area contributed by atoms with Gasteiger partial charge in [-0.15, -0.1) is 0 Å². The molecule has 0 amide bonds. The summed E-state index contributed by atoms with van der Waals surface area (Å²) in [6, 6.07) is 13.7. The first-order chi connectivity index (χ1) is 12.1. The molecule has 2 N–H and O–H groups in total. The number of rotatable bonds is 6. The minimum Gasteiger partial charge on any atom is -0.493 e. The van der Waals surface area contributed by atoms with Gasteiger partial charge in [0.05, 0.1) is 20.8 Å². The highest BCUT2D eigenvalue weighted by molar-refractivity contribution is 9.10. The highest BCUT2D eigenvalue weighted by Gasteiger charge is 2.13. The summed E-state index contributed by atoms with van der Waals surface area (Å²) in [4.78, 5) is 0. The van der Waals surface area contributed by atoms with Gasteiger partial charge in [0.15, 0.2) is 17.3 Å². The minimum atomic E-state index is 0.479. The molecule has 0 aliphatic carbocycles. The van der Waals surface area contributed by atoms with Gasteiger partial charge in [-0.2, -0.15) is 5.10 Å². The molecule has 0 spiro atoms. The summed E-state index contributed by atoms with van der Waals surface area (Å²) in [5.74, 6) is 2.05. The van der Waals surface area contributed by atoms with E-state index in [-0.39, 0.29) is 0 Å². The second-order valence-electron chi connectivity index (χ2n) is 5.19. The van der Waals surface area contributed by atoms with Gasteiger partial charge in [0, 0.05) is 15.6 Å². The topological polar surface area (TPSA) is 64.1 Å².